The molecule has 0 saturated heterocycles. The fraction of sp³-hybridized carbons (Fsp3) is 0.400. The lowest BCUT2D eigenvalue weighted by atomic mass is 9.98. The number of nitrogens with zero attached hydrogens (tertiary/aromatic N) is 1. The maximum absolute atomic E-state index is 9.15. The second-order valence-electron chi connectivity index (χ2n) is 5.08. The summed E-state index contributed by atoms with van der Waals surface area (Å²) in [5.41, 5.74) is 4.24. The van der Waals surface area contributed by atoms with E-state index in [0.717, 1.165) is 28.5 Å². The van der Waals surface area contributed by atoms with E-state index < -0.39 is 0 Å². The van der Waals surface area contributed by atoms with Crippen LogP contribution in [0.15, 0.2) is 16.5 Å². The highest BCUT2D eigenvalue weighted by molar-refractivity contribution is 5.86. The summed E-state index contributed by atoms with van der Waals surface area (Å²) in [5, 5.41) is 10.3. The van der Waals surface area contributed by atoms with E-state index in [1.807, 2.05) is 6.92 Å². The zero-order valence-corrected chi connectivity index (χ0v) is 10.8. The van der Waals surface area contributed by atoms with Gasteiger partial charge in [0.2, 0.25) is 5.76 Å². The fourth-order valence-electron chi connectivity index (χ4n) is 2.30. The molecule has 0 spiro atoms. The molecule has 1 aromatic heterocycles. The van der Waals surface area contributed by atoms with E-state index in [-0.39, 0.29) is 0 Å². The predicted molar refractivity (Wildman–Crippen MR) is 68.9 cm³/mol. The first-order valence-corrected chi connectivity index (χ1v) is 5.95. The maximum Gasteiger partial charge on any atom is 0.207 e. The highest BCUT2D eigenvalue weighted by atomic mass is 16.3. The predicted octanol–water partition coefficient (Wildman–Crippen LogP) is 4.12. The molecule has 0 saturated carbocycles. The minimum atomic E-state index is 0.474. The van der Waals surface area contributed by atoms with E-state index in [9.17, 15) is 0 Å². The van der Waals surface area contributed by atoms with Crippen LogP contribution in [0.1, 0.15) is 36.3 Å². The van der Waals surface area contributed by atoms with Crippen LogP contribution in [-0.4, -0.2) is 0 Å². The van der Waals surface area contributed by atoms with Crippen LogP contribution in [0.2, 0.25) is 0 Å². The monoisotopic (exact) mass is 227 g/mol. The molecule has 1 heterocycles. The molecule has 2 rings (SSSR count). The van der Waals surface area contributed by atoms with Gasteiger partial charge in [0.1, 0.15) is 11.7 Å². The first kappa shape index (κ1) is 11.7. The van der Waals surface area contributed by atoms with Crippen molar-refractivity contribution >= 4 is 11.0 Å². The fourth-order valence-corrected chi connectivity index (χ4v) is 2.30. The summed E-state index contributed by atoms with van der Waals surface area (Å²) in [7, 11) is 0. The Labute approximate surface area is 102 Å². The Balaban J connectivity index is 2.75. The van der Waals surface area contributed by atoms with Crippen LogP contribution in [0.3, 0.4) is 0 Å². The van der Waals surface area contributed by atoms with Gasteiger partial charge < -0.3 is 4.42 Å². The van der Waals surface area contributed by atoms with Gasteiger partial charge in [-0.2, -0.15) is 5.26 Å². The van der Waals surface area contributed by atoms with Crippen LogP contribution in [0.5, 0.6) is 0 Å². The highest BCUT2D eigenvalue weighted by Gasteiger charge is 2.16. The molecule has 0 N–H and O–H groups in total. The smallest absolute Gasteiger partial charge is 0.207 e. The number of nitriles is 1. The largest absolute Gasteiger partial charge is 0.445 e. The van der Waals surface area contributed by atoms with E-state index in [2.05, 4.69) is 39.0 Å². The molecule has 0 atom stereocenters. The zero-order chi connectivity index (χ0) is 12.6. The third-order valence-corrected chi connectivity index (χ3v) is 2.94. The summed E-state index contributed by atoms with van der Waals surface area (Å²) >= 11 is 0. The second kappa shape index (κ2) is 4.25. The van der Waals surface area contributed by atoms with E-state index >= 15 is 0 Å². The van der Waals surface area contributed by atoms with Crippen molar-refractivity contribution in [3.63, 3.8) is 0 Å². The number of furan rings is 1. The van der Waals surface area contributed by atoms with Crippen LogP contribution < -0.4 is 0 Å². The zero-order valence-electron chi connectivity index (χ0n) is 10.8. The molecule has 0 radical (unpaired) electrons. The van der Waals surface area contributed by atoms with Gasteiger partial charge in [-0.3, -0.25) is 0 Å². The van der Waals surface area contributed by atoms with Gasteiger partial charge in [0, 0.05) is 10.9 Å². The minimum Gasteiger partial charge on any atom is -0.445 e. The second-order valence-corrected chi connectivity index (χ2v) is 5.08. The molecular weight excluding hydrogens is 210 g/mol. The molecule has 2 nitrogen and oxygen atoms in total. The Bertz CT molecular complexity index is 599. The molecule has 0 aliphatic carbocycles. The van der Waals surface area contributed by atoms with Gasteiger partial charge in [0.05, 0.1) is 0 Å². The van der Waals surface area contributed by atoms with Gasteiger partial charge in [-0.1, -0.05) is 19.9 Å². The summed E-state index contributed by atoms with van der Waals surface area (Å²) < 4.78 is 5.67. The summed E-state index contributed by atoms with van der Waals surface area (Å²) in [6, 6.07) is 6.38. The van der Waals surface area contributed by atoms with Crippen molar-refractivity contribution in [2.45, 2.75) is 34.1 Å². The van der Waals surface area contributed by atoms with Crippen molar-refractivity contribution in [3.8, 4) is 6.07 Å². The van der Waals surface area contributed by atoms with Crippen LogP contribution >= 0.6 is 0 Å². The van der Waals surface area contributed by atoms with Crippen molar-refractivity contribution in [1.29, 1.82) is 5.26 Å². The Morgan fingerprint density at radius 2 is 2.00 bits per heavy atom. The Hall–Kier alpha value is -1.75. The Morgan fingerprint density at radius 1 is 1.29 bits per heavy atom. The molecule has 0 fully saturated rings. The standard InChI is InChI=1S/C15H17NO/c1-9(2)5-12-13-7-10(3)6-11(4)15(13)17-14(12)8-16/h6-7,9H,5H2,1-4H3. The maximum atomic E-state index is 9.15. The van der Waals surface area contributed by atoms with Crippen molar-refractivity contribution in [1.82, 2.24) is 0 Å². The summed E-state index contributed by atoms with van der Waals surface area (Å²) in [4.78, 5) is 0. The van der Waals surface area contributed by atoms with Gasteiger partial charge in [0.25, 0.3) is 0 Å². The van der Waals surface area contributed by atoms with Crippen LogP contribution in [0.4, 0.5) is 0 Å². The van der Waals surface area contributed by atoms with Gasteiger partial charge >= 0.3 is 0 Å². The molecule has 0 aliphatic heterocycles. The van der Waals surface area contributed by atoms with Crippen LogP contribution in [0, 0.1) is 31.1 Å². The molecule has 2 aromatic rings. The van der Waals surface area contributed by atoms with Gasteiger partial charge in [-0.05, 0) is 43.4 Å². The molecule has 17 heavy (non-hydrogen) atoms. The molecule has 0 unspecified atom stereocenters. The van der Waals surface area contributed by atoms with E-state index in [1.54, 1.807) is 0 Å². The van der Waals surface area contributed by atoms with Crippen molar-refractivity contribution in [2.75, 3.05) is 0 Å². The van der Waals surface area contributed by atoms with Crippen LogP contribution in [0.25, 0.3) is 11.0 Å². The summed E-state index contributed by atoms with van der Waals surface area (Å²) in [6.45, 7) is 8.41. The topological polar surface area (TPSA) is 36.9 Å². The quantitative estimate of drug-likeness (QED) is 0.773. The van der Waals surface area contributed by atoms with Gasteiger partial charge in [-0.15, -0.1) is 0 Å². The van der Waals surface area contributed by atoms with E-state index in [1.165, 1.54) is 5.56 Å². The first-order chi connectivity index (χ1) is 8.02. The SMILES string of the molecule is Cc1cc(C)c2oc(C#N)c(CC(C)C)c2c1. The number of benzene rings is 1. The molecule has 1 aromatic carbocycles. The van der Waals surface area contributed by atoms with Crippen molar-refractivity contribution in [3.05, 3.63) is 34.6 Å². The first-order valence-electron chi connectivity index (χ1n) is 5.95. The molecule has 0 amide bonds. The van der Waals surface area contributed by atoms with Crippen LogP contribution in [-0.2, 0) is 6.42 Å². The van der Waals surface area contributed by atoms with Crippen molar-refractivity contribution in [2.24, 2.45) is 5.92 Å². The lowest BCUT2D eigenvalue weighted by Gasteiger charge is -2.03. The average Bonchev–Trinajstić information content (AvgIpc) is 2.56. The number of hydrogen-bond donors (Lipinski definition) is 0. The molecule has 0 bridgehead atoms. The lowest BCUT2D eigenvalue weighted by molar-refractivity contribution is 0.577. The average molecular weight is 227 g/mol. The van der Waals surface area contributed by atoms with Gasteiger partial charge in [0.15, 0.2) is 0 Å². The molecule has 2 heteroatoms. The van der Waals surface area contributed by atoms with E-state index in [0.29, 0.717) is 11.7 Å². The lowest BCUT2D eigenvalue weighted by Crippen LogP contribution is -1.95. The van der Waals surface area contributed by atoms with Gasteiger partial charge in [-0.25, -0.2) is 0 Å². The third kappa shape index (κ3) is 2.06. The Kier molecular flexibility index (Phi) is 2.93. The molecule has 88 valence electrons. The third-order valence-electron chi connectivity index (χ3n) is 2.94. The normalized spacial score (nSPS) is 11.1. The molecular formula is C15H17NO. The summed E-state index contributed by atoms with van der Waals surface area (Å²) in [5.74, 6) is 0.992. The number of hydrogen-bond acceptors (Lipinski definition) is 2. The van der Waals surface area contributed by atoms with E-state index in [4.69, 9.17) is 9.68 Å². The number of aryl methyl sites for hydroxylation is 2. The highest BCUT2D eigenvalue weighted by Crippen LogP contribution is 2.30. The Morgan fingerprint density at radius 3 is 2.59 bits per heavy atom. The number of fused-ring (bicyclic) bond motifs is 1. The minimum absolute atomic E-state index is 0.474. The molecule has 0 aliphatic rings. The van der Waals surface area contributed by atoms with Crippen molar-refractivity contribution < 1.29 is 4.42 Å². The number of rotatable bonds is 2. The summed E-state index contributed by atoms with van der Waals surface area (Å²) in [6.07, 6.45) is 0.888.